The lowest BCUT2D eigenvalue weighted by atomic mass is 10.2. The Labute approximate surface area is 120 Å². The predicted molar refractivity (Wildman–Crippen MR) is 74.0 cm³/mol. The first-order valence-electron chi connectivity index (χ1n) is 5.74. The second-order valence-corrected chi connectivity index (χ2v) is 4.62. The van der Waals surface area contributed by atoms with E-state index in [2.05, 4.69) is 4.98 Å². The number of benzene rings is 1. The summed E-state index contributed by atoms with van der Waals surface area (Å²) in [6, 6.07) is 6.37. The van der Waals surface area contributed by atoms with Crippen LogP contribution in [0.1, 0.15) is 10.5 Å². The third kappa shape index (κ3) is 3.16. The fourth-order valence-corrected chi connectivity index (χ4v) is 1.82. The number of hydrogen-bond acceptors (Lipinski definition) is 3. The number of rotatable bonds is 4. The van der Waals surface area contributed by atoms with E-state index in [9.17, 15) is 9.59 Å². The summed E-state index contributed by atoms with van der Waals surface area (Å²) >= 11 is 5.79. The van der Waals surface area contributed by atoms with Gasteiger partial charge in [-0.25, -0.2) is 4.98 Å². The maximum absolute atomic E-state index is 12.3. The Balaban J connectivity index is 2.34. The molecule has 7 heteroatoms. The van der Waals surface area contributed by atoms with Gasteiger partial charge in [-0.3, -0.25) is 14.5 Å². The molecule has 0 unspecified atom stereocenters. The lowest BCUT2D eigenvalue weighted by Crippen LogP contribution is -2.35. The molecule has 2 aromatic rings. The fourth-order valence-electron chi connectivity index (χ4n) is 1.70. The lowest BCUT2D eigenvalue weighted by molar-refractivity contribution is -0.135. The van der Waals surface area contributed by atoms with Crippen LogP contribution >= 0.6 is 11.6 Å². The molecule has 0 saturated heterocycles. The standard InChI is InChI=1S/C13H12ClN3O3/c1-16-6-11(15-8-16)13(20)17(7-12(18)19)10-4-2-9(14)3-5-10/h2-6,8H,7H2,1H3,(H,18,19). The van der Waals surface area contributed by atoms with Gasteiger partial charge in [-0.2, -0.15) is 0 Å². The normalized spacial score (nSPS) is 10.3. The topological polar surface area (TPSA) is 75.4 Å². The Bertz CT molecular complexity index is 637. The maximum atomic E-state index is 12.3. The van der Waals surface area contributed by atoms with E-state index in [0.29, 0.717) is 10.7 Å². The number of imidazole rings is 1. The van der Waals surface area contributed by atoms with Crippen molar-refractivity contribution in [1.29, 1.82) is 0 Å². The van der Waals surface area contributed by atoms with E-state index >= 15 is 0 Å². The van der Waals surface area contributed by atoms with Crippen LogP contribution in [0.4, 0.5) is 5.69 Å². The molecule has 0 atom stereocenters. The minimum absolute atomic E-state index is 0.184. The van der Waals surface area contributed by atoms with E-state index in [1.165, 1.54) is 12.5 Å². The maximum Gasteiger partial charge on any atom is 0.323 e. The van der Waals surface area contributed by atoms with Crippen molar-refractivity contribution in [3.63, 3.8) is 0 Å². The number of carbonyl (C=O) groups excluding carboxylic acids is 1. The second kappa shape index (κ2) is 5.75. The third-order valence-corrected chi connectivity index (χ3v) is 2.85. The number of halogens is 1. The first kappa shape index (κ1) is 14.1. The van der Waals surface area contributed by atoms with E-state index < -0.39 is 18.4 Å². The van der Waals surface area contributed by atoms with Gasteiger partial charge >= 0.3 is 5.97 Å². The van der Waals surface area contributed by atoms with Gasteiger partial charge in [-0.05, 0) is 24.3 Å². The smallest absolute Gasteiger partial charge is 0.323 e. The molecule has 6 nitrogen and oxygen atoms in total. The number of aliphatic carboxylic acids is 1. The predicted octanol–water partition coefficient (Wildman–Crippen LogP) is 1.80. The minimum atomic E-state index is -1.11. The van der Waals surface area contributed by atoms with Gasteiger partial charge in [0.15, 0.2) is 0 Å². The van der Waals surface area contributed by atoms with E-state index in [1.807, 2.05) is 0 Å². The molecular weight excluding hydrogens is 282 g/mol. The summed E-state index contributed by atoms with van der Waals surface area (Å²) in [5.74, 6) is -1.58. The van der Waals surface area contributed by atoms with Gasteiger partial charge < -0.3 is 9.67 Å². The van der Waals surface area contributed by atoms with Crippen LogP contribution in [0, 0.1) is 0 Å². The highest BCUT2D eigenvalue weighted by Gasteiger charge is 2.22. The van der Waals surface area contributed by atoms with Crippen LogP contribution in [-0.2, 0) is 11.8 Å². The summed E-state index contributed by atoms with van der Waals surface area (Å²) < 4.78 is 1.62. The van der Waals surface area contributed by atoms with Crippen LogP contribution < -0.4 is 4.90 Å². The van der Waals surface area contributed by atoms with Gasteiger partial charge in [0.1, 0.15) is 12.2 Å². The van der Waals surface area contributed by atoms with Crippen LogP contribution in [0.3, 0.4) is 0 Å². The zero-order valence-corrected chi connectivity index (χ0v) is 11.4. The van der Waals surface area contributed by atoms with Crippen molar-refractivity contribution in [1.82, 2.24) is 9.55 Å². The van der Waals surface area contributed by atoms with Crippen molar-refractivity contribution in [2.75, 3.05) is 11.4 Å². The van der Waals surface area contributed by atoms with Crippen LogP contribution in [0.5, 0.6) is 0 Å². The quantitative estimate of drug-likeness (QED) is 0.933. The first-order valence-corrected chi connectivity index (χ1v) is 6.12. The van der Waals surface area contributed by atoms with Crippen LogP contribution in [0.15, 0.2) is 36.8 Å². The summed E-state index contributed by atoms with van der Waals surface area (Å²) in [6.07, 6.45) is 3.02. The fraction of sp³-hybridized carbons (Fsp3) is 0.154. The number of aryl methyl sites for hydroxylation is 1. The molecule has 1 N–H and O–H groups in total. The zero-order chi connectivity index (χ0) is 14.7. The number of carboxylic acid groups (broad SMARTS) is 1. The zero-order valence-electron chi connectivity index (χ0n) is 10.7. The summed E-state index contributed by atoms with van der Waals surface area (Å²) in [6.45, 7) is -0.447. The summed E-state index contributed by atoms with van der Waals surface area (Å²) in [4.78, 5) is 28.4. The molecule has 0 aliphatic heterocycles. The molecule has 20 heavy (non-hydrogen) atoms. The summed E-state index contributed by atoms with van der Waals surface area (Å²) in [5.41, 5.74) is 0.635. The molecule has 2 rings (SSSR count). The van der Waals surface area contributed by atoms with E-state index in [0.717, 1.165) is 4.90 Å². The Morgan fingerprint density at radius 1 is 1.35 bits per heavy atom. The number of amides is 1. The van der Waals surface area contributed by atoms with Crippen LogP contribution in [0.25, 0.3) is 0 Å². The van der Waals surface area contributed by atoms with Crippen LogP contribution in [0.2, 0.25) is 5.02 Å². The molecule has 0 spiro atoms. The van der Waals surface area contributed by atoms with Gasteiger partial charge in [-0.1, -0.05) is 11.6 Å². The number of carboxylic acids is 1. The lowest BCUT2D eigenvalue weighted by Gasteiger charge is -2.19. The van der Waals surface area contributed by atoms with Gasteiger partial charge in [0.2, 0.25) is 0 Å². The average Bonchev–Trinajstić information content (AvgIpc) is 2.83. The molecule has 0 bridgehead atoms. The van der Waals surface area contributed by atoms with E-state index in [1.54, 1.807) is 35.9 Å². The average molecular weight is 294 g/mol. The number of carbonyl (C=O) groups is 2. The molecule has 0 aliphatic carbocycles. The number of anilines is 1. The molecule has 0 fully saturated rings. The number of nitrogens with zero attached hydrogens (tertiary/aromatic N) is 3. The Morgan fingerprint density at radius 3 is 2.50 bits per heavy atom. The van der Waals surface area contributed by atoms with Gasteiger partial charge in [0.05, 0.1) is 6.33 Å². The largest absolute Gasteiger partial charge is 0.480 e. The van der Waals surface area contributed by atoms with Crippen molar-refractivity contribution in [2.24, 2.45) is 7.05 Å². The molecule has 0 aliphatic rings. The molecule has 1 aromatic heterocycles. The minimum Gasteiger partial charge on any atom is -0.480 e. The van der Waals surface area contributed by atoms with E-state index in [4.69, 9.17) is 16.7 Å². The van der Waals surface area contributed by atoms with Crippen molar-refractivity contribution in [3.05, 3.63) is 47.5 Å². The van der Waals surface area contributed by atoms with E-state index in [-0.39, 0.29) is 5.69 Å². The third-order valence-electron chi connectivity index (χ3n) is 2.60. The molecule has 1 amide bonds. The molecule has 0 radical (unpaired) electrons. The molecule has 1 aromatic carbocycles. The Morgan fingerprint density at radius 2 is 2.00 bits per heavy atom. The van der Waals surface area contributed by atoms with Crippen molar-refractivity contribution < 1.29 is 14.7 Å². The molecular formula is C13H12ClN3O3. The van der Waals surface area contributed by atoms with Crippen molar-refractivity contribution in [3.8, 4) is 0 Å². The summed E-state index contributed by atoms with van der Waals surface area (Å²) in [7, 11) is 1.73. The van der Waals surface area contributed by atoms with Gasteiger partial charge in [-0.15, -0.1) is 0 Å². The highest BCUT2D eigenvalue weighted by atomic mass is 35.5. The van der Waals surface area contributed by atoms with Crippen LogP contribution in [-0.4, -0.2) is 33.1 Å². The number of aromatic nitrogens is 2. The monoisotopic (exact) mass is 293 g/mol. The Hall–Kier alpha value is -2.34. The highest BCUT2D eigenvalue weighted by molar-refractivity contribution is 6.30. The SMILES string of the molecule is Cn1cnc(C(=O)N(CC(=O)O)c2ccc(Cl)cc2)c1. The Kier molecular flexibility index (Phi) is 4.05. The van der Waals surface area contributed by atoms with Gasteiger partial charge in [0.25, 0.3) is 5.91 Å². The van der Waals surface area contributed by atoms with Crippen molar-refractivity contribution in [2.45, 2.75) is 0 Å². The summed E-state index contributed by atoms with van der Waals surface area (Å²) in [5, 5.41) is 9.46. The number of hydrogen-bond donors (Lipinski definition) is 1. The molecule has 0 saturated carbocycles. The van der Waals surface area contributed by atoms with Gasteiger partial charge in [0, 0.05) is 24.0 Å². The molecule has 1 heterocycles. The van der Waals surface area contributed by atoms with Crippen molar-refractivity contribution >= 4 is 29.2 Å². The first-order chi connectivity index (χ1) is 9.47. The highest BCUT2D eigenvalue weighted by Crippen LogP contribution is 2.19. The molecule has 104 valence electrons. The second-order valence-electron chi connectivity index (χ2n) is 4.19.